The number of methoxy groups -OCH3 is 2. The van der Waals surface area contributed by atoms with Crippen LogP contribution in [0.5, 0.6) is 17.2 Å². The number of rotatable bonds is 10. The number of nitrogens with one attached hydrogen (secondary N) is 1. The molecule has 0 unspecified atom stereocenters. The second-order valence-corrected chi connectivity index (χ2v) is 6.24. The van der Waals surface area contributed by atoms with Gasteiger partial charge < -0.3 is 24.3 Å². The van der Waals surface area contributed by atoms with Gasteiger partial charge in [0, 0.05) is 6.54 Å². The molecule has 0 saturated carbocycles. The first-order chi connectivity index (χ1) is 14.0. The first kappa shape index (κ1) is 22.1. The van der Waals surface area contributed by atoms with Crippen molar-refractivity contribution >= 4 is 11.9 Å². The third kappa shape index (κ3) is 6.41. The van der Waals surface area contributed by atoms with Crippen molar-refractivity contribution in [1.29, 1.82) is 0 Å². The van der Waals surface area contributed by atoms with Crippen molar-refractivity contribution < 1.29 is 28.5 Å². The van der Waals surface area contributed by atoms with Crippen LogP contribution in [-0.4, -0.2) is 45.4 Å². The quantitative estimate of drug-likeness (QED) is 0.616. The van der Waals surface area contributed by atoms with Crippen LogP contribution in [0.25, 0.3) is 0 Å². The number of carbonyl (C=O) groups excluding carboxylic acids is 2. The molecule has 0 heterocycles. The molecule has 2 aromatic carbocycles. The molecule has 0 radical (unpaired) electrons. The van der Waals surface area contributed by atoms with Crippen LogP contribution in [0.2, 0.25) is 0 Å². The van der Waals surface area contributed by atoms with E-state index in [1.807, 2.05) is 31.2 Å². The normalized spacial score (nSPS) is 11.3. The van der Waals surface area contributed by atoms with Crippen molar-refractivity contribution in [3.05, 3.63) is 53.6 Å². The lowest BCUT2D eigenvalue weighted by atomic mass is 10.1. The van der Waals surface area contributed by atoms with Crippen molar-refractivity contribution in [3.63, 3.8) is 0 Å². The molecule has 0 aromatic heterocycles. The highest BCUT2D eigenvalue weighted by Gasteiger charge is 2.20. The molecule has 0 aliphatic heterocycles. The third-order valence-electron chi connectivity index (χ3n) is 4.22. The molecule has 1 N–H and O–H groups in total. The number of ether oxygens (including phenoxy) is 4. The summed E-state index contributed by atoms with van der Waals surface area (Å²) in [6.07, 6.45) is -0.261. The van der Waals surface area contributed by atoms with Gasteiger partial charge in [0.1, 0.15) is 5.75 Å². The molecule has 7 heteroatoms. The van der Waals surface area contributed by atoms with Crippen molar-refractivity contribution in [2.75, 3.05) is 27.4 Å². The molecule has 1 amide bonds. The van der Waals surface area contributed by atoms with Crippen LogP contribution >= 0.6 is 0 Å². The SMILES string of the molecule is CCOc1ccc(C(=O)O[C@H](C)C(=O)NCCc2ccc(OC)cc2)cc1OC. The minimum Gasteiger partial charge on any atom is -0.497 e. The monoisotopic (exact) mass is 401 g/mol. The van der Waals surface area contributed by atoms with E-state index >= 15 is 0 Å². The Balaban J connectivity index is 1.85. The van der Waals surface area contributed by atoms with Gasteiger partial charge in [0.15, 0.2) is 17.6 Å². The van der Waals surface area contributed by atoms with Crippen molar-refractivity contribution in [2.24, 2.45) is 0 Å². The smallest absolute Gasteiger partial charge is 0.339 e. The van der Waals surface area contributed by atoms with E-state index in [9.17, 15) is 9.59 Å². The fourth-order valence-electron chi connectivity index (χ4n) is 2.62. The Hall–Kier alpha value is -3.22. The van der Waals surface area contributed by atoms with Crippen molar-refractivity contribution in [3.8, 4) is 17.2 Å². The number of hydrogen-bond acceptors (Lipinski definition) is 6. The Labute approximate surface area is 170 Å². The summed E-state index contributed by atoms with van der Waals surface area (Å²) in [7, 11) is 3.10. The van der Waals surface area contributed by atoms with Crippen LogP contribution in [0.1, 0.15) is 29.8 Å². The van der Waals surface area contributed by atoms with Crippen LogP contribution < -0.4 is 19.5 Å². The largest absolute Gasteiger partial charge is 0.497 e. The van der Waals surface area contributed by atoms with Crippen LogP contribution in [-0.2, 0) is 16.0 Å². The van der Waals surface area contributed by atoms with Crippen molar-refractivity contribution in [1.82, 2.24) is 5.32 Å². The molecule has 0 saturated heterocycles. The molecule has 2 aromatic rings. The van der Waals surface area contributed by atoms with Crippen LogP contribution in [0.4, 0.5) is 0 Å². The van der Waals surface area contributed by atoms with E-state index in [0.717, 1.165) is 11.3 Å². The number of esters is 1. The van der Waals surface area contributed by atoms with Gasteiger partial charge in [-0.3, -0.25) is 4.79 Å². The molecule has 0 aliphatic rings. The minimum atomic E-state index is -0.920. The highest BCUT2D eigenvalue weighted by molar-refractivity contribution is 5.92. The van der Waals surface area contributed by atoms with E-state index < -0.39 is 12.1 Å². The molecular formula is C22H27NO6. The van der Waals surface area contributed by atoms with Gasteiger partial charge in [0.05, 0.1) is 26.4 Å². The minimum absolute atomic E-state index is 0.281. The average Bonchev–Trinajstić information content (AvgIpc) is 2.74. The Bertz CT molecular complexity index is 819. The second kappa shape index (κ2) is 10.9. The predicted molar refractivity (Wildman–Crippen MR) is 109 cm³/mol. The molecule has 0 bridgehead atoms. The summed E-state index contributed by atoms with van der Waals surface area (Å²) in [6, 6.07) is 12.4. The van der Waals surface area contributed by atoms with Crippen LogP contribution in [0.15, 0.2) is 42.5 Å². The Morgan fingerprint density at radius 1 is 1.00 bits per heavy atom. The zero-order chi connectivity index (χ0) is 21.2. The number of hydrogen-bond donors (Lipinski definition) is 1. The molecule has 0 aliphatic carbocycles. The molecular weight excluding hydrogens is 374 g/mol. The van der Waals surface area contributed by atoms with E-state index in [-0.39, 0.29) is 11.5 Å². The van der Waals surface area contributed by atoms with Gasteiger partial charge in [-0.05, 0) is 56.2 Å². The number of amides is 1. The van der Waals surface area contributed by atoms with Crippen LogP contribution in [0, 0.1) is 0 Å². The Morgan fingerprint density at radius 3 is 2.34 bits per heavy atom. The lowest BCUT2D eigenvalue weighted by Gasteiger charge is -2.15. The molecule has 0 spiro atoms. The lowest BCUT2D eigenvalue weighted by molar-refractivity contribution is -0.129. The van der Waals surface area contributed by atoms with Gasteiger partial charge >= 0.3 is 5.97 Å². The number of benzene rings is 2. The molecule has 156 valence electrons. The first-order valence-electron chi connectivity index (χ1n) is 9.41. The van der Waals surface area contributed by atoms with Gasteiger partial charge in [-0.25, -0.2) is 4.79 Å². The van der Waals surface area contributed by atoms with Gasteiger partial charge in [0.2, 0.25) is 0 Å². The summed E-state index contributed by atoms with van der Waals surface area (Å²) in [5.41, 5.74) is 1.35. The second-order valence-electron chi connectivity index (χ2n) is 6.24. The zero-order valence-corrected chi connectivity index (χ0v) is 17.2. The summed E-state index contributed by atoms with van der Waals surface area (Å²) in [5.74, 6) is 0.784. The fourth-order valence-corrected chi connectivity index (χ4v) is 2.62. The van der Waals surface area contributed by atoms with Crippen molar-refractivity contribution in [2.45, 2.75) is 26.4 Å². The molecule has 0 fully saturated rings. The fraction of sp³-hybridized carbons (Fsp3) is 0.364. The van der Waals surface area contributed by atoms with E-state index in [2.05, 4.69) is 5.32 Å². The zero-order valence-electron chi connectivity index (χ0n) is 17.2. The Morgan fingerprint density at radius 2 is 1.72 bits per heavy atom. The van der Waals surface area contributed by atoms with E-state index in [1.54, 1.807) is 19.2 Å². The first-order valence-corrected chi connectivity index (χ1v) is 9.41. The topological polar surface area (TPSA) is 83.1 Å². The van der Waals surface area contributed by atoms with E-state index in [0.29, 0.717) is 31.1 Å². The summed E-state index contributed by atoms with van der Waals surface area (Å²) in [6.45, 7) is 4.31. The highest BCUT2D eigenvalue weighted by atomic mass is 16.5. The molecule has 1 atom stereocenters. The van der Waals surface area contributed by atoms with E-state index in [1.165, 1.54) is 20.1 Å². The summed E-state index contributed by atoms with van der Waals surface area (Å²) < 4.78 is 21.0. The maximum absolute atomic E-state index is 12.3. The lowest BCUT2D eigenvalue weighted by Crippen LogP contribution is -2.36. The summed E-state index contributed by atoms with van der Waals surface area (Å²) >= 11 is 0. The Kier molecular flexibility index (Phi) is 8.33. The van der Waals surface area contributed by atoms with E-state index in [4.69, 9.17) is 18.9 Å². The highest BCUT2D eigenvalue weighted by Crippen LogP contribution is 2.28. The summed E-state index contributed by atoms with van der Waals surface area (Å²) in [4.78, 5) is 24.6. The molecule has 7 nitrogen and oxygen atoms in total. The summed E-state index contributed by atoms with van der Waals surface area (Å²) in [5, 5.41) is 2.77. The van der Waals surface area contributed by atoms with Gasteiger partial charge in [0.25, 0.3) is 5.91 Å². The maximum atomic E-state index is 12.3. The number of carbonyl (C=O) groups is 2. The van der Waals surface area contributed by atoms with Gasteiger partial charge in [-0.2, -0.15) is 0 Å². The maximum Gasteiger partial charge on any atom is 0.339 e. The van der Waals surface area contributed by atoms with Crippen LogP contribution in [0.3, 0.4) is 0 Å². The predicted octanol–water partition coefficient (Wildman–Crippen LogP) is 3.01. The average molecular weight is 401 g/mol. The molecule has 29 heavy (non-hydrogen) atoms. The molecule has 2 rings (SSSR count). The standard InChI is InChI=1S/C22H27NO6/c1-5-28-19-11-8-17(14-20(19)27-4)22(25)29-15(2)21(24)23-13-12-16-6-9-18(26-3)10-7-16/h6-11,14-15H,5,12-13H2,1-4H3,(H,23,24)/t15-/m1/s1. The third-order valence-corrected chi connectivity index (χ3v) is 4.22. The van der Waals surface area contributed by atoms with Gasteiger partial charge in [-0.15, -0.1) is 0 Å². The van der Waals surface area contributed by atoms with Gasteiger partial charge in [-0.1, -0.05) is 12.1 Å².